The highest BCUT2D eigenvalue weighted by Crippen LogP contribution is 2.36. The van der Waals surface area contributed by atoms with Crippen LogP contribution in [0.4, 0.5) is 10.5 Å². The van der Waals surface area contributed by atoms with Crippen LogP contribution in [-0.2, 0) is 11.3 Å². The summed E-state index contributed by atoms with van der Waals surface area (Å²) in [5, 5.41) is 2.80. The van der Waals surface area contributed by atoms with Crippen LogP contribution in [0.2, 0.25) is 0 Å². The van der Waals surface area contributed by atoms with E-state index in [2.05, 4.69) is 5.32 Å². The van der Waals surface area contributed by atoms with Crippen molar-refractivity contribution in [3.63, 3.8) is 0 Å². The van der Waals surface area contributed by atoms with E-state index in [1.807, 2.05) is 69.3 Å². The number of aromatic nitrogens is 1. The molecule has 2 atom stereocenters. The van der Waals surface area contributed by atoms with Gasteiger partial charge in [0.05, 0.1) is 0 Å². The third-order valence-electron chi connectivity index (χ3n) is 6.76. The van der Waals surface area contributed by atoms with Gasteiger partial charge in [0, 0.05) is 36.8 Å². The number of nitrogens with zero attached hydrogens (tertiary/aromatic N) is 2. The number of amides is 2. The van der Waals surface area contributed by atoms with E-state index in [1.165, 1.54) is 0 Å². The number of anilines is 1. The van der Waals surface area contributed by atoms with E-state index in [9.17, 15) is 14.4 Å². The molecule has 1 fully saturated rings. The quantitative estimate of drug-likeness (QED) is 0.558. The second-order valence-corrected chi connectivity index (χ2v) is 10.7. The van der Waals surface area contributed by atoms with Crippen molar-refractivity contribution >= 4 is 17.7 Å². The number of nitrogens with one attached hydrogen (secondary N) is 1. The number of pyridine rings is 1. The van der Waals surface area contributed by atoms with Gasteiger partial charge in [-0.05, 0) is 68.5 Å². The Labute approximate surface area is 210 Å². The van der Waals surface area contributed by atoms with Crippen molar-refractivity contribution < 1.29 is 14.3 Å². The zero-order valence-electron chi connectivity index (χ0n) is 20.9. The molecule has 0 spiro atoms. The molecule has 186 valence electrons. The Bertz CT molecular complexity index is 1340. The largest absolute Gasteiger partial charge is 0.444 e. The Morgan fingerprint density at radius 2 is 1.58 bits per heavy atom. The Kier molecular flexibility index (Phi) is 6.16. The first-order chi connectivity index (χ1) is 17.2. The van der Waals surface area contributed by atoms with Crippen molar-refractivity contribution in [1.29, 1.82) is 0 Å². The van der Waals surface area contributed by atoms with E-state index < -0.39 is 5.60 Å². The number of fused-ring (bicyclic) bond motifs is 4. The standard InChI is InChI=1S/C29H31N3O4/c1-29(2,3)36-28(35)31-16-19-15-23(18-31)25-14-13-24(27(34)32(25)17-19)30-26(33)22-11-9-21(10-12-22)20-7-5-4-6-8-20/h4-14,19,23H,15-18H2,1-3H3,(H,30,33)/t19-,23+/m0/s1. The van der Waals surface area contributed by atoms with E-state index in [4.69, 9.17) is 4.74 Å². The summed E-state index contributed by atoms with van der Waals surface area (Å²) in [6.07, 6.45) is 0.619. The van der Waals surface area contributed by atoms with Gasteiger partial charge in [-0.15, -0.1) is 0 Å². The summed E-state index contributed by atoms with van der Waals surface area (Å²) in [5.74, 6) is -0.0923. The van der Waals surface area contributed by atoms with E-state index in [0.717, 1.165) is 23.2 Å². The molecular formula is C29H31N3O4. The van der Waals surface area contributed by atoms with Gasteiger partial charge in [0.25, 0.3) is 11.5 Å². The van der Waals surface area contributed by atoms with Crippen molar-refractivity contribution in [2.45, 2.75) is 45.3 Å². The lowest BCUT2D eigenvalue weighted by atomic mass is 9.83. The molecule has 2 aliphatic heterocycles. The molecule has 0 radical (unpaired) electrons. The van der Waals surface area contributed by atoms with Gasteiger partial charge in [0.15, 0.2) is 0 Å². The Morgan fingerprint density at radius 1 is 0.889 bits per heavy atom. The third-order valence-corrected chi connectivity index (χ3v) is 6.76. The Balaban J connectivity index is 1.31. The van der Waals surface area contributed by atoms with E-state index in [-0.39, 0.29) is 35.1 Å². The molecule has 3 aromatic rings. The maximum absolute atomic E-state index is 13.3. The summed E-state index contributed by atoms with van der Waals surface area (Å²) in [5.41, 5.74) is 2.99. The van der Waals surface area contributed by atoms with Crippen LogP contribution >= 0.6 is 0 Å². The van der Waals surface area contributed by atoms with Gasteiger partial charge in [0.2, 0.25) is 0 Å². The average Bonchev–Trinajstić information content (AvgIpc) is 2.85. The molecule has 7 nitrogen and oxygen atoms in total. The molecule has 0 aliphatic carbocycles. The summed E-state index contributed by atoms with van der Waals surface area (Å²) in [6.45, 7) is 7.17. The lowest BCUT2D eigenvalue weighted by molar-refractivity contribution is 0.0102. The van der Waals surface area contributed by atoms with E-state index in [0.29, 0.717) is 25.2 Å². The number of ether oxygens (including phenoxy) is 1. The van der Waals surface area contributed by atoms with Crippen LogP contribution in [0.15, 0.2) is 71.5 Å². The van der Waals surface area contributed by atoms with Gasteiger partial charge >= 0.3 is 6.09 Å². The maximum atomic E-state index is 13.3. The first kappa shape index (κ1) is 23.9. The highest BCUT2D eigenvalue weighted by atomic mass is 16.6. The lowest BCUT2D eigenvalue weighted by Crippen LogP contribution is -2.50. The van der Waals surface area contributed by atoms with Crippen LogP contribution in [0.3, 0.4) is 0 Å². The van der Waals surface area contributed by atoms with E-state index >= 15 is 0 Å². The molecule has 1 N–H and O–H groups in total. The SMILES string of the molecule is CC(C)(C)OC(=O)N1C[C@@H]2C[C@H](C1)c1ccc(NC(=O)c3ccc(-c4ccccc4)cc3)c(=O)n1C2. The van der Waals surface area contributed by atoms with E-state index in [1.54, 1.807) is 27.7 Å². The van der Waals surface area contributed by atoms with Crippen molar-refractivity contribution in [3.05, 3.63) is 88.3 Å². The number of carbonyl (C=O) groups is 2. The lowest BCUT2D eigenvalue weighted by Gasteiger charge is -2.43. The minimum Gasteiger partial charge on any atom is -0.444 e. The molecular weight excluding hydrogens is 454 g/mol. The fourth-order valence-electron chi connectivity index (χ4n) is 5.16. The second-order valence-electron chi connectivity index (χ2n) is 10.7. The van der Waals surface area contributed by atoms with Crippen LogP contribution in [-0.4, -0.2) is 40.2 Å². The number of hydrogen-bond donors (Lipinski definition) is 1. The summed E-state index contributed by atoms with van der Waals surface area (Å²) in [4.78, 5) is 40.6. The first-order valence-corrected chi connectivity index (χ1v) is 12.4. The fourth-order valence-corrected chi connectivity index (χ4v) is 5.16. The highest BCUT2D eigenvalue weighted by molar-refractivity contribution is 6.04. The predicted molar refractivity (Wildman–Crippen MR) is 139 cm³/mol. The van der Waals surface area contributed by atoms with Crippen molar-refractivity contribution in [2.75, 3.05) is 18.4 Å². The Morgan fingerprint density at radius 3 is 2.28 bits per heavy atom. The zero-order chi connectivity index (χ0) is 25.4. The Hall–Kier alpha value is -3.87. The molecule has 2 aromatic carbocycles. The number of rotatable bonds is 3. The average molecular weight is 486 g/mol. The van der Waals surface area contributed by atoms with Gasteiger partial charge in [-0.3, -0.25) is 9.59 Å². The second kappa shape index (κ2) is 9.30. The van der Waals surface area contributed by atoms with Gasteiger partial charge in [0.1, 0.15) is 11.3 Å². The van der Waals surface area contributed by atoms with Crippen molar-refractivity contribution in [2.24, 2.45) is 5.92 Å². The molecule has 2 amide bonds. The molecule has 7 heteroatoms. The predicted octanol–water partition coefficient (Wildman–Crippen LogP) is 5.12. The normalized spacial score (nSPS) is 18.8. The summed E-state index contributed by atoms with van der Waals surface area (Å²) < 4.78 is 7.33. The molecule has 5 rings (SSSR count). The molecule has 0 unspecified atom stereocenters. The smallest absolute Gasteiger partial charge is 0.410 e. The minimum absolute atomic E-state index is 0.0630. The molecule has 1 saturated heterocycles. The van der Waals surface area contributed by atoms with Gasteiger partial charge < -0.3 is 19.5 Å². The monoisotopic (exact) mass is 485 g/mol. The van der Waals surface area contributed by atoms with Crippen molar-refractivity contribution in [1.82, 2.24) is 9.47 Å². The minimum atomic E-state index is -0.548. The van der Waals surface area contributed by atoms with Crippen LogP contribution in [0.1, 0.15) is 49.2 Å². The molecule has 1 aromatic heterocycles. The highest BCUT2D eigenvalue weighted by Gasteiger charge is 2.38. The van der Waals surface area contributed by atoms with Crippen LogP contribution in [0.25, 0.3) is 11.1 Å². The van der Waals surface area contributed by atoms with Gasteiger partial charge in [-0.25, -0.2) is 4.79 Å². The molecule has 3 heterocycles. The molecule has 2 bridgehead atoms. The molecule has 36 heavy (non-hydrogen) atoms. The first-order valence-electron chi connectivity index (χ1n) is 12.4. The maximum Gasteiger partial charge on any atom is 0.410 e. The van der Waals surface area contributed by atoms with Gasteiger partial charge in [-0.1, -0.05) is 42.5 Å². The van der Waals surface area contributed by atoms with Crippen LogP contribution < -0.4 is 10.9 Å². The number of piperidine rings is 1. The number of carbonyl (C=O) groups excluding carboxylic acids is 2. The molecule has 2 aliphatic rings. The summed E-state index contributed by atoms with van der Waals surface area (Å²) >= 11 is 0. The topological polar surface area (TPSA) is 80.6 Å². The summed E-state index contributed by atoms with van der Waals surface area (Å²) in [6, 6.07) is 20.9. The zero-order valence-corrected chi connectivity index (χ0v) is 20.9. The van der Waals surface area contributed by atoms with Crippen LogP contribution in [0, 0.1) is 5.92 Å². The van der Waals surface area contributed by atoms with Crippen LogP contribution in [0.5, 0.6) is 0 Å². The number of likely N-dealkylation sites (tertiary alicyclic amines) is 1. The number of hydrogen-bond acceptors (Lipinski definition) is 4. The molecule has 0 saturated carbocycles. The van der Waals surface area contributed by atoms with Gasteiger partial charge in [-0.2, -0.15) is 0 Å². The number of benzene rings is 2. The van der Waals surface area contributed by atoms with Crippen molar-refractivity contribution in [3.8, 4) is 11.1 Å². The third kappa shape index (κ3) is 4.91. The summed E-state index contributed by atoms with van der Waals surface area (Å²) in [7, 11) is 0. The fraction of sp³-hybridized carbons (Fsp3) is 0.345.